The van der Waals surface area contributed by atoms with Gasteiger partial charge in [-0.3, -0.25) is 0 Å². The minimum atomic E-state index is -0.369. The van der Waals surface area contributed by atoms with Crippen LogP contribution in [-0.4, -0.2) is 12.6 Å². The molecule has 0 amide bonds. The van der Waals surface area contributed by atoms with Crippen molar-refractivity contribution in [3.63, 3.8) is 0 Å². The lowest BCUT2D eigenvalue weighted by atomic mass is 9.96. The van der Waals surface area contributed by atoms with E-state index in [4.69, 9.17) is 9.47 Å². The van der Waals surface area contributed by atoms with Gasteiger partial charge in [0.25, 0.3) is 0 Å². The summed E-state index contributed by atoms with van der Waals surface area (Å²) in [5, 5.41) is 0. The maximum Gasteiger partial charge on any atom is 0.343 e. The minimum absolute atomic E-state index is 0.369. The van der Waals surface area contributed by atoms with Crippen molar-refractivity contribution in [2.45, 2.75) is 52.4 Å². The van der Waals surface area contributed by atoms with Crippen molar-refractivity contribution in [3.8, 4) is 22.6 Å². The van der Waals surface area contributed by atoms with E-state index >= 15 is 0 Å². The van der Waals surface area contributed by atoms with Gasteiger partial charge in [-0.2, -0.15) is 0 Å². The lowest BCUT2D eigenvalue weighted by Crippen LogP contribution is -2.08. The van der Waals surface area contributed by atoms with Crippen molar-refractivity contribution in [2.24, 2.45) is 5.92 Å². The number of carbonyl (C=O) groups excluding carboxylic acids is 1. The molecule has 1 unspecified atom stereocenters. The molecular weight excluding hydrogens is 420 g/mol. The second kappa shape index (κ2) is 13.4. The Balaban J connectivity index is 1.50. The van der Waals surface area contributed by atoms with E-state index < -0.39 is 0 Å². The molecular formula is C31H36O3. The van der Waals surface area contributed by atoms with Crippen LogP contribution in [0.1, 0.15) is 61.9 Å². The lowest BCUT2D eigenvalue weighted by molar-refractivity contribution is 0.0734. The molecule has 0 radical (unpaired) electrons. The normalized spacial score (nSPS) is 11.6. The van der Waals surface area contributed by atoms with E-state index in [2.05, 4.69) is 44.7 Å². The van der Waals surface area contributed by atoms with Gasteiger partial charge in [0, 0.05) is 0 Å². The van der Waals surface area contributed by atoms with Crippen molar-refractivity contribution in [1.29, 1.82) is 0 Å². The Bertz CT molecular complexity index is 1020. The molecule has 3 aromatic rings. The van der Waals surface area contributed by atoms with Crippen LogP contribution in [0.2, 0.25) is 0 Å². The number of hydrogen-bond donors (Lipinski definition) is 0. The molecule has 3 heteroatoms. The first kappa shape index (κ1) is 25.3. The van der Waals surface area contributed by atoms with Crippen LogP contribution >= 0.6 is 0 Å². The molecule has 0 N–H and O–H groups in total. The quantitative estimate of drug-likeness (QED) is 0.112. The predicted octanol–water partition coefficient (Wildman–Crippen LogP) is 8.29. The van der Waals surface area contributed by atoms with Crippen molar-refractivity contribution in [3.05, 3.63) is 96.6 Å². The smallest absolute Gasteiger partial charge is 0.343 e. The average Bonchev–Trinajstić information content (AvgIpc) is 2.87. The Morgan fingerprint density at radius 3 is 2.09 bits per heavy atom. The molecule has 3 rings (SSSR count). The average molecular weight is 457 g/mol. The van der Waals surface area contributed by atoms with Gasteiger partial charge < -0.3 is 9.47 Å². The Kier molecular flexibility index (Phi) is 9.97. The van der Waals surface area contributed by atoms with Gasteiger partial charge in [0.2, 0.25) is 0 Å². The number of hydrogen-bond acceptors (Lipinski definition) is 3. The fourth-order valence-electron chi connectivity index (χ4n) is 3.71. The lowest BCUT2D eigenvalue weighted by Gasteiger charge is -2.10. The van der Waals surface area contributed by atoms with Gasteiger partial charge in [-0.05, 0) is 91.1 Å². The largest absolute Gasteiger partial charge is 0.494 e. The standard InChI is InChI=1S/C31H36O3/c1-4-6-7-8-9-22-33-29-18-20-30(21-19-29)34-31(32)28-16-14-27(15-17-28)26-12-10-25(11-13-26)23-24(3)5-2/h4,10-21,24H,1,5-9,22-23H2,2-3H3. The van der Waals surface area contributed by atoms with Crippen LogP contribution in [0.15, 0.2) is 85.5 Å². The zero-order valence-corrected chi connectivity index (χ0v) is 20.5. The molecule has 0 heterocycles. The molecule has 178 valence electrons. The van der Waals surface area contributed by atoms with Gasteiger partial charge >= 0.3 is 5.97 Å². The topological polar surface area (TPSA) is 35.5 Å². The highest BCUT2D eigenvalue weighted by atomic mass is 16.5. The van der Waals surface area contributed by atoms with Crippen LogP contribution in [0.5, 0.6) is 11.5 Å². The highest BCUT2D eigenvalue weighted by molar-refractivity contribution is 5.91. The Morgan fingerprint density at radius 2 is 1.47 bits per heavy atom. The van der Waals surface area contributed by atoms with E-state index in [1.54, 1.807) is 12.1 Å². The summed E-state index contributed by atoms with van der Waals surface area (Å²) >= 11 is 0. The molecule has 0 aliphatic rings. The van der Waals surface area contributed by atoms with Crippen molar-refractivity contribution >= 4 is 5.97 Å². The zero-order valence-electron chi connectivity index (χ0n) is 20.5. The zero-order chi connectivity index (χ0) is 24.2. The van der Waals surface area contributed by atoms with E-state index in [9.17, 15) is 4.79 Å². The van der Waals surface area contributed by atoms with Crippen LogP contribution in [0.25, 0.3) is 11.1 Å². The maximum absolute atomic E-state index is 12.6. The Hall–Kier alpha value is -3.33. The van der Waals surface area contributed by atoms with Crippen LogP contribution in [0.3, 0.4) is 0 Å². The SMILES string of the molecule is C=CCCCCCOc1ccc(OC(=O)c2ccc(-c3ccc(CC(C)CC)cc3)cc2)cc1. The van der Waals surface area contributed by atoms with Crippen molar-refractivity contribution < 1.29 is 14.3 Å². The summed E-state index contributed by atoms with van der Waals surface area (Å²) in [6.07, 6.45) is 8.58. The van der Waals surface area contributed by atoms with Gasteiger partial charge in [-0.15, -0.1) is 6.58 Å². The van der Waals surface area contributed by atoms with Gasteiger partial charge in [0.15, 0.2) is 0 Å². The van der Waals surface area contributed by atoms with Crippen LogP contribution in [-0.2, 0) is 6.42 Å². The molecule has 0 spiro atoms. The fourth-order valence-corrected chi connectivity index (χ4v) is 3.71. The number of carbonyl (C=O) groups is 1. The third kappa shape index (κ3) is 7.91. The van der Waals surface area contributed by atoms with Gasteiger partial charge in [0.05, 0.1) is 12.2 Å². The molecule has 0 aliphatic heterocycles. The first-order valence-corrected chi connectivity index (χ1v) is 12.3. The maximum atomic E-state index is 12.6. The van der Waals surface area contributed by atoms with Crippen LogP contribution in [0, 0.1) is 5.92 Å². The van der Waals surface area contributed by atoms with E-state index in [1.807, 2.05) is 42.5 Å². The second-order valence-electron chi connectivity index (χ2n) is 8.84. The summed E-state index contributed by atoms with van der Waals surface area (Å²) < 4.78 is 11.3. The first-order chi connectivity index (χ1) is 16.6. The molecule has 1 atom stereocenters. The fraction of sp³-hybridized carbons (Fsp3) is 0.323. The summed E-state index contributed by atoms with van der Waals surface area (Å²) in [6.45, 7) is 8.92. The van der Waals surface area contributed by atoms with Gasteiger partial charge in [-0.25, -0.2) is 4.79 Å². The number of benzene rings is 3. The minimum Gasteiger partial charge on any atom is -0.494 e. The Labute approximate surface area is 204 Å². The monoisotopic (exact) mass is 456 g/mol. The summed E-state index contributed by atoms with van der Waals surface area (Å²) in [4.78, 5) is 12.6. The van der Waals surface area contributed by atoms with Crippen molar-refractivity contribution in [1.82, 2.24) is 0 Å². The highest BCUT2D eigenvalue weighted by Gasteiger charge is 2.10. The molecule has 3 nitrogen and oxygen atoms in total. The molecule has 0 aromatic heterocycles. The molecule has 3 aromatic carbocycles. The predicted molar refractivity (Wildman–Crippen MR) is 141 cm³/mol. The molecule has 0 fully saturated rings. The van der Waals surface area contributed by atoms with Gasteiger partial charge in [0.1, 0.15) is 11.5 Å². The van der Waals surface area contributed by atoms with E-state index in [0.717, 1.165) is 49.0 Å². The first-order valence-electron chi connectivity index (χ1n) is 12.3. The number of unbranched alkanes of at least 4 members (excludes halogenated alkanes) is 3. The van der Waals surface area contributed by atoms with E-state index in [-0.39, 0.29) is 5.97 Å². The third-order valence-electron chi connectivity index (χ3n) is 6.04. The second-order valence-corrected chi connectivity index (χ2v) is 8.84. The summed E-state index contributed by atoms with van der Waals surface area (Å²) in [6, 6.07) is 23.4. The van der Waals surface area contributed by atoms with Crippen molar-refractivity contribution in [2.75, 3.05) is 6.61 Å². The molecule has 0 saturated carbocycles. The summed E-state index contributed by atoms with van der Waals surface area (Å²) in [5.41, 5.74) is 4.11. The van der Waals surface area contributed by atoms with Gasteiger partial charge in [-0.1, -0.05) is 62.7 Å². The molecule has 0 saturated heterocycles. The summed E-state index contributed by atoms with van der Waals surface area (Å²) in [5.74, 6) is 1.61. The molecule has 0 aliphatic carbocycles. The Morgan fingerprint density at radius 1 is 0.853 bits per heavy atom. The van der Waals surface area contributed by atoms with E-state index in [0.29, 0.717) is 23.8 Å². The molecule has 0 bridgehead atoms. The summed E-state index contributed by atoms with van der Waals surface area (Å²) in [7, 11) is 0. The van der Waals surface area contributed by atoms with Crippen LogP contribution in [0.4, 0.5) is 0 Å². The highest BCUT2D eigenvalue weighted by Crippen LogP contribution is 2.23. The number of ether oxygens (including phenoxy) is 2. The third-order valence-corrected chi connectivity index (χ3v) is 6.04. The number of rotatable bonds is 13. The molecule has 34 heavy (non-hydrogen) atoms. The van der Waals surface area contributed by atoms with E-state index in [1.165, 1.54) is 12.0 Å². The number of allylic oxidation sites excluding steroid dienone is 1. The van der Waals surface area contributed by atoms with Crippen LogP contribution < -0.4 is 9.47 Å². The number of esters is 1.